The molecule has 5 rings (SSSR count). The molecule has 1 heterocycles. The van der Waals surface area contributed by atoms with Crippen molar-refractivity contribution in [2.24, 2.45) is 16.7 Å². The lowest BCUT2D eigenvalue weighted by atomic mass is 9.44. The average molecular weight is 713 g/mol. The molecule has 3 aliphatic carbocycles. The van der Waals surface area contributed by atoms with Gasteiger partial charge >= 0.3 is 18.1 Å². The van der Waals surface area contributed by atoms with Crippen molar-refractivity contribution >= 4 is 23.9 Å². The maximum Gasteiger partial charge on any atom is 0.508 e. The number of hydrogen-bond acceptors (Lipinski definition) is 15. The largest absolute Gasteiger partial charge is 0.508 e. The summed E-state index contributed by atoms with van der Waals surface area (Å²) in [5.74, 6) is -3.87. The molecule has 3 fully saturated rings. The fourth-order valence-corrected chi connectivity index (χ4v) is 7.83. The van der Waals surface area contributed by atoms with Crippen molar-refractivity contribution in [1.29, 1.82) is 0 Å². The standard InChI is InChI=1S/C31H38O12.C2H6O.2CH4O/c1-15-18(33)13-31(38)25(42-26(36)17-10-8-7-9-11-17)23-29(5,24(35)22(41-16(2)32)21(15)28(31,3)4)19(34)12-20-30(23,14-40-20)43-27(37)39-6;1-3-2;2*1-2/h7-11,18-20,22-23,25,33-34,38H,12-14H2,1-6H3;1-2H3;2*2H,1H3/t18-,19?,20+,22+,23?,25-,29+,30-,31+;;;/m0.../s1. The SMILES string of the molecule is CO.CO.COC.COC(=O)O[C@@]12CO[C@@H]1CC(O)[C@@]1(C)C(=O)[C@H](OC(C)=O)C3=C(C)[C@@H](O)C[C@@](O)([C@@H](OC(=O)c4ccccc4)C12)C3(C)C. The quantitative estimate of drug-likeness (QED) is 0.169. The van der Waals surface area contributed by atoms with Crippen molar-refractivity contribution in [2.75, 3.05) is 42.2 Å². The Labute approximate surface area is 292 Å². The Bertz CT molecular complexity index is 1390. The van der Waals surface area contributed by atoms with Crippen LogP contribution in [-0.4, -0.2) is 133 Å². The van der Waals surface area contributed by atoms with Gasteiger partial charge in [0, 0.05) is 53.6 Å². The summed E-state index contributed by atoms with van der Waals surface area (Å²) in [6, 6.07) is 7.98. The molecule has 1 saturated heterocycles. The second-order valence-electron chi connectivity index (χ2n) is 13.1. The number of Topliss-reactive ketones (excluding diaryl/α,β-unsaturated/α-hetero) is 1. The van der Waals surface area contributed by atoms with Crippen molar-refractivity contribution in [1.82, 2.24) is 0 Å². The summed E-state index contributed by atoms with van der Waals surface area (Å²) in [5.41, 5.74) is -6.69. The van der Waals surface area contributed by atoms with E-state index >= 15 is 0 Å². The Balaban J connectivity index is 0.00000116. The van der Waals surface area contributed by atoms with Gasteiger partial charge in [0.2, 0.25) is 0 Å². The zero-order valence-corrected chi connectivity index (χ0v) is 30.3. The number of carbonyl (C=O) groups is 4. The smallest absolute Gasteiger partial charge is 0.455 e. The lowest BCUT2D eigenvalue weighted by Crippen LogP contribution is -2.82. The first-order valence-electron chi connectivity index (χ1n) is 15.9. The summed E-state index contributed by atoms with van der Waals surface area (Å²) >= 11 is 0. The zero-order valence-electron chi connectivity index (χ0n) is 30.3. The highest BCUT2D eigenvalue weighted by Gasteiger charge is 2.78. The fraction of sp³-hybridized carbons (Fsp3) is 0.657. The third-order valence-electron chi connectivity index (χ3n) is 10.3. The van der Waals surface area contributed by atoms with E-state index < -0.39 is 82.3 Å². The second-order valence-corrected chi connectivity index (χ2v) is 13.1. The molecule has 0 radical (unpaired) electrons. The van der Waals surface area contributed by atoms with Crippen LogP contribution in [0, 0.1) is 16.7 Å². The first-order valence-corrected chi connectivity index (χ1v) is 15.9. The number of fused-ring (bicyclic) bond motifs is 5. The Morgan fingerprint density at radius 2 is 1.50 bits per heavy atom. The molecule has 50 heavy (non-hydrogen) atoms. The molecule has 0 aromatic heterocycles. The van der Waals surface area contributed by atoms with E-state index in [0.29, 0.717) is 5.57 Å². The van der Waals surface area contributed by atoms with Crippen LogP contribution in [0.2, 0.25) is 0 Å². The molecule has 4 aliphatic rings. The van der Waals surface area contributed by atoms with Crippen LogP contribution in [0.25, 0.3) is 0 Å². The van der Waals surface area contributed by atoms with E-state index in [1.165, 1.54) is 19.1 Å². The molecule has 1 aromatic rings. The van der Waals surface area contributed by atoms with Gasteiger partial charge in [0.25, 0.3) is 0 Å². The van der Waals surface area contributed by atoms with Crippen LogP contribution < -0.4 is 0 Å². The average Bonchev–Trinajstić information content (AvgIpc) is 3.08. The van der Waals surface area contributed by atoms with E-state index in [2.05, 4.69) is 4.74 Å². The van der Waals surface area contributed by atoms with Crippen LogP contribution in [0.4, 0.5) is 4.79 Å². The molecular weight excluding hydrogens is 660 g/mol. The number of benzene rings is 1. The number of aliphatic hydroxyl groups is 5. The summed E-state index contributed by atoms with van der Waals surface area (Å²) in [5, 5.41) is 49.9. The van der Waals surface area contributed by atoms with Crippen molar-refractivity contribution in [3.8, 4) is 0 Å². The monoisotopic (exact) mass is 712 g/mol. The number of methoxy groups -OCH3 is 2. The summed E-state index contributed by atoms with van der Waals surface area (Å²) in [6.07, 6.45) is -8.69. The maximum absolute atomic E-state index is 14.8. The van der Waals surface area contributed by atoms with Crippen LogP contribution in [0.3, 0.4) is 0 Å². The van der Waals surface area contributed by atoms with E-state index in [0.717, 1.165) is 28.3 Å². The lowest BCUT2D eigenvalue weighted by molar-refractivity contribution is -0.344. The van der Waals surface area contributed by atoms with Crippen LogP contribution in [0.1, 0.15) is 57.8 Å². The highest BCUT2D eigenvalue weighted by Crippen LogP contribution is 2.64. The fourth-order valence-electron chi connectivity index (χ4n) is 7.83. The second kappa shape index (κ2) is 16.7. The predicted octanol–water partition coefficient (Wildman–Crippen LogP) is 1.35. The number of hydrogen-bond donors (Lipinski definition) is 5. The van der Waals surface area contributed by atoms with Crippen molar-refractivity contribution in [3.63, 3.8) is 0 Å². The van der Waals surface area contributed by atoms with E-state index in [1.54, 1.807) is 53.2 Å². The number of carbonyl (C=O) groups excluding carboxylic acids is 4. The van der Waals surface area contributed by atoms with Gasteiger partial charge in [-0.25, -0.2) is 9.59 Å². The minimum absolute atomic E-state index is 0.136. The number of rotatable bonds is 4. The number of ether oxygens (including phenoxy) is 6. The van der Waals surface area contributed by atoms with E-state index in [1.807, 2.05) is 0 Å². The van der Waals surface area contributed by atoms with Crippen molar-refractivity contribution in [3.05, 3.63) is 47.0 Å². The third kappa shape index (κ3) is 7.04. The molecule has 2 unspecified atom stereocenters. The summed E-state index contributed by atoms with van der Waals surface area (Å²) in [6.45, 7) is 7.06. The minimum Gasteiger partial charge on any atom is -0.455 e. The first-order chi connectivity index (χ1) is 23.5. The number of ketones is 1. The normalized spacial score (nSPS) is 34.7. The lowest BCUT2D eigenvalue weighted by Gasteiger charge is -2.67. The molecule has 1 aromatic carbocycles. The van der Waals surface area contributed by atoms with Crippen LogP contribution >= 0.6 is 0 Å². The molecule has 5 N–H and O–H groups in total. The number of aliphatic hydroxyl groups excluding tert-OH is 4. The van der Waals surface area contributed by atoms with Crippen LogP contribution in [0.5, 0.6) is 0 Å². The summed E-state index contributed by atoms with van der Waals surface area (Å²) in [4.78, 5) is 53.7. The van der Waals surface area contributed by atoms with Gasteiger partial charge in [-0.15, -0.1) is 0 Å². The molecule has 2 saturated carbocycles. The van der Waals surface area contributed by atoms with Crippen molar-refractivity contribution < 1.29 is 73.1 Å². The molecule has 1 aliphatic heterocycles. The van der Waals surface area contributed by atoms with Gasteiger partial charge in [-0.1, -0.05) is 32.0 Å². The molecule has 282 valence electrons. The van der Waals surface area contributed by atoms with E-state index in [4.69, 9.17) is 33.9 Å². The van der Waals surface area contributed by atoms with Gasteiger partial charge in [-0.2, -0.15) is 0 Å². The highest BCUT2D eigenvalue weighted by atomic mass is 16.8. The Kier molecular flexibility index (Phi) is 14.3. The predicted molar refractivity (Wildman–Crippen MR) is 176 cm³/mol. The molecule has 2 bridgehead atoms. The zero-order chi connectivity index (χ0) is 38.4. The molecule has 0 amide bonds. The van der Waals surface area contributed by atoms with Crippen LogP contribution in [-0.2, 0) is 38.0 Å². The van der Waals surface area contributed by atoms with Gasteiger partial charge < -0.3 is 54.0 Å². The topological polar surface area (TPSA) is 225 Å². The Morgan fingerprint density at radius 3 is 1.98 bits per heavy atom. The molecule has 9 atom stereocenters. The van der Waals surface area contributed by atoms with Gasteiger partial charge in [0.1, 0.15) is 17.8 Å². The van der Waals surface area contributed by atoms with Gasteiger partial charge in [-0.05, 0) is 37.1 Å². The van der Waals surface area contributed by atoms with E-state index in [9.17, 15) is 34.5 Å². The summed E-state index contributed by atoms with van der Waals surface area (Å²) in [7, 11) is 6.35. The van der Waals surface area contributed by atoms with Crippen LogP contribution in [0.15, 0.2) is 41.5 Å². The Hall–Kier alpha value is -3.44. The van der Waals surface area contributed by atoms with Crippen molar-refractivity contribution in [2.45, 2.75) is 89.2 Å². The molecule has 0 spiro atoms. The Morgan fingerprint density at radius 1 is 0.940 bits per heavy atom. The van der Waals surface area contributed by atoms with Gasteiger partial charge in [0.15, 0.2) is 17.5 Å². The molecular formula is C35H52O15. The summed E-state index contributed by atoms with van der Waals surface area (Å²) < 4.78 is 32.5. The van der Waals surface area contributed by atoms with E-state index in [-0.39, 0.29) is 30.6 Å². The first kappa shape index (κ1) is 42.7. The molecule has 15 nitrogen and oxygen atoms in total. The third-order valence-corrected chi connectivity index (χ3v) is 10.3. The highest BCUT2D eigenvalue weighted by molar-refractivity contribution is 5.95. The van der Waals surface area contributed by atoms with Gasteiger partial charge in [0.05, 0.1) is 42.8 Å². The number of esters is 2. The minimum atomic E-state index is -2.15. The maximum atomic E-state index is 14.8. The van der Waals surface area contributed by atoms with Gasteiger partial charge in [-0.3, -0.25) is 9.59 Å². The molecule has 15 heteroatoms.